The fraction of sp³-hybridized carbons (Fsp3) is 0.318. The molecule has 0 atom stereocenters. The van der Waals surface area contributed by atoms with Crippen LogP contribution in [0.4, 0.5) is 0 Å². The van der Waals surface area contributed by atoms with Crippen molar-refractivity contribution in [3.05, 3.63) is 65.9 Å². The minimum atomic E-state index is 0.732. The zero-order valence-corrected chi connectivity index (χ0v) is 15.5. The summed E-state index contributed by atoms with van der Waals surface area (Å²) >= 11 is 0. The van der Waals surface area contributed by atoms with Gasteiger partial charge in [-0.2, -0.15) is 0 Å². The molecule has 3 rings (SSSR count). The van der Waals surface area contributed by atoms with Gasteiger partial charge in [-0.15, -0.1) is 0 Å². The van der Waals surface area contributed by atoms with Crippen LogP contribution < -0.4 is 11.5 Å². The van der Waals surface area contributed by atoms with Crippen LogP contribution in [0, 0.1) is 0 Å². The van der Waals surface area contributed by atoms with E-state index >= 15 is 0 Å². The summed E-state index contributed by atoms with van der Waals surface area (Å²) in [6.07, 6.45) is 6.05. The molecule has 3 aromatic rings. The summed E-state index contributed by atoms with van der Waals surface area (Å²) in [6, 6.07) is 17.3. The Labute approximate surface area is 155 Å². The fourth-order valence-electron chi connectivity index (χ4n) is 3.22. The van der Waals surface area contributed by atoms with Crippen LogP contribution in [0.2, 0.25) is 0 Å². The van der Waals surface area contributed by atoms with Crippen LogP contribution in [0.3, 0.4) is 0 Å². The highest BCUT2D eigenvalue weighted by Gasteiger charge is 2.10. The molecule has 0 radical (unpaired) electrons. The second kappa shape index (κ2) is 8.79. The third kappa shape index (κ3) is 4.21. The summed E-state index contributed by atoms with van der Waals surface area (Å²) in [5, 5.41) is 0. The van der Waals surface area contributed by atoms with E-state index in [2.05, 4.69) is 65.1 Å². The fourth-order valence-corrected chi connectivity index (χ4v) is 3.22. The molecule has 136 valence electrons. The molecule has 26 heavy (non-hydrogen) atoms. The lowest BCUT2D eigenvalue weighted by atomic mass is 10.1. The maximum absolute atomic E-state index is 5.59. The average Bonchev–Trinajstić information content (AvgIpc) is 3.07. The van der Waals surface area contributed by atoms with Crippen molar-refractivity contribution in [2.24, 2.45) is 18.5 Å². The summed E-state index contributed by atoms with van der Waals surface area (Å²) < 4.78 is 2.16. The quantitative estimate of drug-likeness (QED) is 0.654. The topological polar surface area (TPSA) is 69.9 Å². The van der Waals surface area contributed by atoms with E-state index in [0.717, 1.165) is 55.9 Å². The molecule has 1 aromatic heterocycles. The molecule has 0 spiro atoms. The molecular weight excluding hydrogens is 320 g/mol. The van der Waals surface area contributed by atoms with E-state index < -0.39 is 0 Å². The molecule has 0 aliphatic rings. The number of imidazole rings is 1. The van der Waals surface area contributed by atoms with Gasteiger partial charge in [-0.25, -0.2) is 4.98 Å². The van der Waals surface area contributed by atoms with Crippen molar-refractivity contribution >= 4 is 0 Å². The second-order valence-electron chi connectivity index (χ2n) is 6.70. The van der Waals surface area contributed by atoms with Crippen LogP contribution in [-0.4, -0.2) is 22.6 Å². The van der Waals surface area contributed by atoms with Crippen molar-refractivity contribution in [3.63, 3.8) is 0 Å². The Kier molecular flexibility index (Phi) is 6.21. The van der Waals surface area contributed by atoms with Gasteiger partial charge in [-0.1, -0.05) is 48.5 Å². The molecule has 0 bridgehead atoms. The van der Waals surface area contributed by atoms with Gasteiger partial charge in [0.25, 0.3) is 0 Å². The predicted octanol–water partition coefficient (Wildman–Crippen LogP) is 3.54. The number of aromatic nitrogens is 2. The first-order valence-corrected chi connectivity index (χ1v) is 9.33. The van der Waals surface area contributed by atoms with Crippen molar-refractivity contribution in [2.75, 3.05) is 13.1 Å². The lowest BCUT2D eigenvalue weighted by molar-refractivity contribution is 0.832. The highest BCUT2D eigenvalue weighted by atomic mass is 15.1. The number of hydrogen-bond donors (Lipinski definition) is 2. The van der Waals surface area contributed by atoms with Crippen LogP contribution in [0.1, 0.15) is 24.0 Å². The molecule has 0 amide bonds. The van der Waals surface area contributed by atoms with Crippen molar-refractivity contribution in [1.29, 1.82) is 0 Å². The lowest BCUT2D eigenvalue weighted by Gasteiger charge is -2.08. The largest absolute Gasteiger partial charge is 0.330 e. The van der Waals surface area contributed by atoms with E-state index in [9.17, 15) is 0 Å². The summed E-state index contributed by atoms with van der Waals surface area (Å²) in [6.45, 7) is 1.47. The summed E-state index contributed by atoms with van der Waals surface area (Å²) in [7, 11) is 2.07. The molecule has 0 unspecified atom stereocenters. The van der Waals surface area contributed by atoms with E-state index in [4.69, 9.17) is 11.5 Å². The van der Waals surface area contributed by atoms with Gasteiger partial charge in [-0.05, 0) is 55.5 Å². The Hall–Kier alpha value is -2.43. The standard InChI is InChI=1S/C22H28N4/c1-26-21(19-10-6-17(7-11-19)4-2-14-23)16-25-22(26)20-12-8-18(9-13-20)5-3-15-24/h6-13,16H,2-5,14-15,23-24H2,1H3. The summed E-state index contributed by atoms with van der Waals surface area (Å²) in [4.78, 5) is 4.65. The highest BCUT2D eigenvalue weighted by molar-refractivity contribution is 5.66. The zero-order chi connectivity index (χ0) is 18.4. The summed E-state index contributed by atoms with van der Waals surface area (Å²) in [5.74, 6) is 0.984. The van der Waals surface area contributed by atoms with E-state index in [1.807, 2.05) is 6.20 Å². The number of hydrogen-bond acceptors (Lipinski definition) is 3. The van der Waals surface area contributed by atoms with Gasteiger partial charge in [0.2, 0.25) is 0 Å². The minimum Gasteiger partial charge on any atom is -0.330 e. The molecule has 2 aromatic carbocycles. The third-order valence-corrected chi connectivity index (χ3v) is 4.79. The number of nitrogens with two attached hydrogens (primary N) is 2. The molecule has 1 heterocycles. The Balaban J connectivity index is 1.79. The van der Waals surface area contributed by atoms with E-state index in [1.165, 1.54) is 16.7 Å². The van der Waals surface area contributed by atoms with Crippen molar-refractivity contribution in [2.45, 2.75) is 25.7 Å². The molecule has 0 aliphatic heterocycles. The monoisotopic (exact) mass is 348 g/mol. The van der Waals surface area contributed by atoms with Crippen molar-refractivity contribution in [1.82, 2.24) is 9.55 Å². The first kappa shape index (κ1) is 18.4. The molecular formula is C22H28N4. The lowest BCUT2D eigenvalue weighted by Crippen LogP contribution is -2.00. The normalized spacial score (nSPS) is 11.0. The van der Waals surface area contributed by atoms with E-state index in [1.54, 1.807) is 0 Å². The van der Waals surface area contributed by atoms with Crippen LogP contribution >= 0.6 is 0 Å². The number of aryl methyl sites for hydroxylation is 2. The van der Waals surface area contributed by atoms with Gasteiger partial charge < -0.3 is 16.0 Å². The highest BCUT2D eigenvalue weighted by Crippen LogP contribution is 2.26. The first-order chi connectivity index (χ1) is 12.7. The van der Waals surface area contributed by atoms with Gasteiger partial charge in [0, 0.05) is 12.6 Å². The maximum Gasteiger partial charge on any atom is 0.140 e. The molecule has 4 nitrogen and oxygen atoms in total. The van der Waals surface area contributed by atoms with Crippen LogP contribution in [0.15, 0.2) is 54.7 Å². The smallest absolute Gasteiger partial charge is 0.140 e. The van der Waals surface area contributed by atoms with Crippen LogP contribution in [-0.2, 0) is 19.9 Å². The second-order valence-corrected chi connectivity index (χ2v) is 6.70. The van der Waals surface area contributed by atoms with Gasteiger partial charge >= 0.3 is 0 Å². The van der Waals surface area contributed by atoms with Crippen molar-refractivity contribution < 1.29 is 0 Å². The molecule has 4 N–H and O–H groups in total. The molecule has 0 saturated carbocycles. The van der Waals surface area contributed by atoms with Gasteiger partial charge in [0.15, 0.2) is 0 Å². The molecule has 0 saturated heterocycles. The molecule has 0 fully saturated rings. The number of nitrogens with zero attached hydrogens (tertiary/aromatic N) is 2. The Bertz CT molecular complexity index is 747. The number of benzene rings is 2. The Morgan fingerprint density at radius 1 is 0.769 bits per heavy atom. The minimum absolute atomic E-state index is 0.732. The summed E-state index contributed by atoms with van der Waals surface area (Å²) in [5.41, 5.74) is 17.3. The molecule has 4 heteroatoms. The van der Waals surface area contributed by atoms with Gasteiger partial charge in [-0.3, -0.25) is 0 Å². The van der Waals surface area contributed by atoms with Gasteiger partial charge in [0.1, 0.15) is 5.82 Å². The zero-order valence-electron chi connectivity index (χ0n) is 15.5. The van der Waals surface area contributed by atoms with Crippen LogP contribution in [0.25, 0.3) is 22.6 Å². The maximum atomic E-state index is 5.59. The van der Waals surface area contributed by atoms with Crippen molar-refractivity contribution in [3.8, 4) is 22.6 Å². The number of rotatable bonds is 8. The van der Waals surface area contributed by atoms with Gasteiger partial charge in [0.05, 0.1) is 11.9 Å². The van der Waals surface area contributed by atoms with Crippen LogP contribution in [0.5, 0.6) is 0 Å². The predicted molar refractivity (Wildman–Crippen MR) is 109 cm³/mol. The molecule has 0 aliphatic carbocycles. The van der Waals surface area contributed by atoms with E-state index in [0.29, 0.717) is 0 Å². The Morgan fingerprint density at radius 3 is 1.77 bits per heavy atom. The third-order valence-electron chi connectivity index (χ3n) is 4.79. The average molecular weight is 348 g/mol. The van der Waals surface area contributed by atoms with E-state index in [-0.39, 0.29) is 0 Å². The SMILES string of the molecule is Cn1c(-c2ccc(CCCN)cc2)cnc1-c1ccc(CCCN)cc1. The Morgan fingerprint density at radius 2 is 1.27 bits per heavy atom. The first-order valence-electron chi connectivity index (χ1n) is 9.33.